The Morgan fingerprint density at radius 3 is 2.76 bits per heavy atom. The maximum atomic E-state index is 12.5. The fraction of sp³-hybridized carbons (Fsp3) is 0.579. The molecule has 0 N–H and O–H groups in total. The number of hydrogen-bond acceptors (Lipinski definition) is 7. The van der Waals surface area contributed by atoms with Gasteiger partial charge in [0, 0.05) is 18.4 Å². The van der Waals surface area contributed by atoms with Crippen LogP contribution in [0.25, 0.3) is 0 Å². The zero-order valence-corrected chi connectivity index (χ0v) is 18.0. The number of aliphatic imine (C=N–C) groups is 1. The van der Waals surface area contributed by atoms with E-state index >= 15 is 0 Å². The number of carbonyl (C=O) groups excluding carboxylic acids is 1. The Hall–Kier alpha value is -1.78. The lowest BCUT2D eigenvalue weighted by atomic mass is 10.1. The van der Waals surface area contributed by atoms with Crippen molar-refractivity contribution in [3.63, 3.8) is 0 Å². The van der Waals surface area contributed by atoms with Gasteiger partial charge in [0.05, 0.1) is 31.8 Å². The number of benzene rings is 1. The molecule has 0 aliphatic carbocycles. The van der Waals surface area contributed by atoms with Gasteiger partial charge in [-0.3, -0.25) is 4.79 Å². The van der Waals surface area contributed by atoms with Gasteiger partial charge in [-0.25, -0.2) is 8.42 Å². The van der Waals surface area contributed by atoms with Crippen LogP contribution >= 0.6 is 11.8 Å². The maximum Gasteiger partial charge on any atom is 0.277 e. The number of thioether (sulfide) groups is 1. The van der Waals surface area contributed by atoms with Gasteiger partial charge in [0.25, 0.3) is 5.91 Å². The minimum atomic E-state index is -3.09. The molecular weight excluding hydrogens is 416 g/mol. The summed E-state index contributed by atoms with van der Waals surface area (Å²) in [4.78, 5) is 18.8. The Balaban J connectivity index is 1.61. The van der Waals surface area contributed by atoms with E-state index in [1.807, 2.05) is 23.1 Å². The smallest absolute Gasteiger partial charge is 0.277 e. The van der Waals surface area contributed by atoms with Gasteiger partial charge in [-0.1, -0.05) is 17.8 Å². The summed E-state index contributed by atoms with van der Waals surface area (Å²) in [6.45, 7) is 1.01. The van der Waals surface area contributed by atoms with Gasteiger partial charge in [0.2, 0.25) is 0 Å². The first kappa shape index (κ1) is 20.5. The minimum absolute atomic E-state index is 0.0745. The molecule has 1 aromatic carbocycles. The summed E-state index contributed by atoms with van der Waals surface area (Å²) in [5, 5.41) is 0.460. The molecule has 0 unspecified atom stereocenters. The number of methoxy groups -OCH3 is 2. The molecule has 3 heterocycles. The van der Waals surface area contributed by atoms with Gasteiger partial charge in [0.15, 0.2) is 26.5 Å². The highest BCUT2D eigenvalue weighted by Gasteiger charge is 2.49. The average Bonchev–Trinajstić information content (AvgIpc) is 3.39. The van der Waals surface area contributed by atoms with Crippen molar-refractivity contribution in [3.8, 4) is 11.5 Å². The minimum Gasteiger partial charge on any atom is -0.493 e. The molecule has 0 bridgehead atoms. The molecule has 0 radical (unpaired) electrons. The van der Waals surface area contributed by atoms with Crippen LogP contribution in [0.4, 0.5) is 0 Å². The van der Waals surface area contributed by atoms with E-state index in [1.165, 1.54) is 11.8 Å². The zero-order chi connectivity index (χ0) is 20.6. The molecule has 0 saturated carbocycles. The first-order valence-electron chi connectivity index (χ1n) is 9.49. The van der Waals surface area contributed by atoms with Gasteiger partial charge < -0.3 is 19.1 Å². The molecule has 3 aliphatic heterocycles. The number of amides is 1. The second-order valence-electron chi connectivity index (χ2n) is 7.35. The number of hydrogen-bond donors (Lipinski definition) is 0. The van der Waals surface area contributed by atoms with Crippen molar-refractivity contribution in [3.05, 3.63) is 23.8 Å². The monoisotopic (exact) mass is 440 g/mol. The molecule has 0 aromatic heterocycles. The largest absolute Gasteiger partial charge is 0.493 e. The summed E-state index contributed by atoms with van der Waals surface area (Å²) < 4.78 is 40.4. The molecule has 1 aromatic rings. The Bertz CT molecular complexity index is 927. The Kier molecular flexibility index (Phi) is 5.76. The third-order valence-corrected chi connectivity index (χ3v) is 8.63. The van der Waals surface area contributed by atoms with E-state index in [-0.39, 0.29) is 28.7 Å². The predicted octanol–water partition coefficient (Wildman–Crippen LogP) is 1.48. The van der Waals surface area contributed by atoms with Crippen LogP contribution in [0.5, 0.6) is 11.5 Å². The van der Waals surface area contributed by atoms with Crippen LogP contribution < -0.4 is 9.47 Å². The zero-order valence-electron chi connectivity index (χ0n) is 16.4. The van der Waals surface area contributed by atoms with Gasteiger partial charge in [-0.05, 0) is 30.5 Å². The number of fused-ring (bicyclic) bond motifs is 1. The second kappa shape index (κ2) is 8.16. The van der Waals surface area contributed by atoms with Crippen LogP contribution in [-0.2, 0) is 25.9 Å². The van der Waals surface area contributed by atoms with Crippen LogP contribution in [0.2, 0.25) is 0 Å². The van der Waals surface area contributed by atoms with Crippen molar-refractivity contribution >= 4 is 32.7 Å². The fourth-order valence-corrected chi connectivity index (χ4v) is 7.89. The summed E-state index contributed by atoms with van der Waals surface area (Å²) in [5.41, 5.74) is 0.922. The topological polar surface area (TPSA) is 94.5 Å². The molecule has 0 spiro atoms. The highest BCUT2D eigenvalue weighted by Crippen LogP contribution is 2.40. The van der Waals surface area contributed by atoms with E-state index in [2.05, 4.69) is 4.99 Å². The molecular formula is C19H24N2O6S2. The molecule has 3 fully saturated rings. The molecule has 1 amide bonds. The van der Waals surface area contributed by atoms with E-state index < -0.39 is 15.9 Å². The number of nitrogens with zero attached hydrogens (tertiary/aromatic N) is 2. The fourth-order valence-electron chi connectivity index (χ4n) is 3.93. The van der Waals surface area contributed by atoms with Crippen LogP contribution in [0, 0.1) is 0 Å². The number of carbonyl (C=O) groups is 1. The quantitative estimate of drug-likeness (QED) is 0.680. The first-order chi connectivity index (χ1) is 13.9. The summed E-state index contributed by atoms with van der Waals surface area (Å²) in [6.07, 6.45) is 1.04. The van der Waals surface area contributed by atoms with Crippen molar-refractivity contribution in [1.82, 2.24) is 4.90 Å². The standard InChI is InChI=1S/C19H24N2O6S2/c1-25-14-6-5-12(8-16(14)26-2)9-21-13-10-29(23,24)11-17(13)28-19(21)20-18(22)15-4-3-7-27-15/h5-6,8,13,15,17H,3-4,7,9-11H2,1-2H3/t13-,15-,17+/m0/s1. The van der Waals surface area contributed by atoms with Crippen molar-refractivity contribution in [1.29, 1.82) is 0 Å². The maximum absolute atomic E-state index is 12.5. The third kappa shape index (κ3) is 4.24. The summed E-state index contributed by atoms with van der Waals surface area (Å²) in [5.74, 6) is 1.12. The van der Waals surface area contributed by atoms with Crippen molar-refractivity contribution in [2.24, 2.45) is 4.99 Å². The molecule has 3 saturated heterocycles. The molecule has 3 aliphatic rings. The van der Waals surface area contributed by atoms with Crippen molar-refractivity contribution in [2.75, 3.05) is 32.3 Å². The number of amidine groups is 1. The highest BCUT2D eigenvalue weighted by molar-refractivity contribution is 8.15. The lowest BCUT2D eigenvalue weighted by Crippen LogP contribution is -2.37. The van der Waals surface area contributed by atoms with Crippen molar-refractivity contribution < 1.29 is 27.4 Å². The molecule has 158 valence electrons. The van der Waals surface area contributed by atoms with Crippen LogP contribution in [-0.4, -0.2) is 74.1 Å². The molecule has 29 heavy (non-hydrogen) atoms. The number of ether oxygens (including phenoxy) is 3. The van der Waals surface area contributed by atoms with Crippen LogP contribution in [0.15, 0.2) is 23.2 Å². The van der Waals surface area contributed by atoms with E-state index in [0.29, 0.717) is 36.2 Å². The van der Waals surface area contributed by atoms with Gasteiger partial charge in [0.1, 0.15) is 6.10 Å². The molecule has 3 atom stereocenters. The Labute approximate surface area is 174 Å². The van der Waals surface area contributed by atoms with E-state index in [9.17, 15) is 13.2 Å². The summed E-state index contributed by atoms with van der Waals surface area (Å²) in [7, 11) is 0.0495. The lowest BCUT2D eigenvalue weighted by molar-refractivity contribution is -0.126. The highest BCUT2D eigenvalue weighted by atomic mass is 32.2. The van der Waals surface area contributed by atoms with Crippen molar-refractivity contribution in [2.45, 2.75) is 36.8 Å². The first-order valence-corrected chi connectivity index (χ1v) is 12.2. The summed E-state index contributed by atoms with van der Waals surface area (Å²) >= 11 is 1.38. The number of sulfone groups is 1. The van der Waals surface area contributed by atoms with E-state index in [1.54, 1.807) is 14.2 Å². The van der Waals surface area contributed by atoms with Gasteiger partial charge >= 0.3 is 0 Å². The summed E-state index contributed by atoms with van der Waals surface area (Å²) in [6, 6.07) is 5.38. The van der Waals surface area contributed by atoms with Crippen LogP contribution in [0.1, 0.15) is 18.4 Å². The molecule has 4 rings (SSSR count). The second-order valence-corrected chi connectivity index (χ2v) is 10.7. The Morgan fingerprint density at radius 2 is 2.07 bits per heavy atom. The van der Waals surface area contributed by atoms with E-state index in [0.717, 1.165) is 12.0 Å². The average molecular weight is 441 g/mol. The molecule has 10 heteroatoms. The van der Waals surface area contributed by atoms with Gasteiger partial charge in [-0.15, -0.1) is 0 Å². The molecule has 8 nitrogen and oxygen atoms in total. The third-order valence-electron chi connectivity index (χ3n) is 5.39. The lowest BCUT2D eigenvalue weighted by Gasteiger charge is -2.25. The van der Waals surface area contributed by atoms with E-state index in [4.69, 9.17) is 14.2 Å². The van der Waals surface area contributed by atoms with Gasteiger partial charge in [-0.2, -0.15) is 4.99 Å². The SMILES string of the molecule is COc1ccc(CN2C(=NC(=O)[C@@H]3CCCO3)S[C@@H]3CS(=O)(=O)C[C@@H]32)cc1OC. The normalized spacial score (nSPS) is 29.2. The van der Waals surface area contributed by atoms with Crippen LogP contribution in [0.3, 0.4) is 0 Å². The number of rotatable bonds is 5. The predicted molar refractivity (Wildman–Crippen MR) is 110 cm³/mol. The Morgan fingerprint density at radius 1 is 1.28 bits per heavy atom.